The third-order valence-corrected chi connectivity index (χ3v) is 10.9. The Hall–Kier alpha value is -0.802. The summed E-state index contributed by atoms with van der Waals surface area (Å²) < 4.78 is 40.3. The SMILES string of the molecule is CCOc1ccc(-c2cc(C3O[C@H](CO[Si](C)(C)C)[C@@H](O[Si](C)(C)C)[C@H](O[Si](C)(C)C)[C@H]3O[Si](C)(C)C)ccc2Cl)cc1. The Labute approximate surface area is 270 Å². The van der Waals surface area contributed by atoms with Crippen LogP contribution in [0.2, 0.25) is 83.6 Å². The van der Waals surface area contributed by atoms with Gasteiger partial charge in [0.2, 0.25) is 0 Å². The summed E-state index contributed by atoms with van der Waals surface area (Å²) in [7, 11) is -7.92. The highest BCUT2D eigenvalue weighted by Crippen LogP contribution is 2.42. The van der Waals surface area contributed by atoms with Crippen molar-refractivity contribution >= 4 is 44.9 Å². The van der Waals surface area contributed by atoms with Crippen LogP contribution in [-0.2, 0) is 22.4 Å². The molecule has 0 radical (unpaired) electrons. The molecule has 2 aromatic rings. The summed E-state index contributed by atoms with van der Waals surface area (Å²) in [5, 5.41) is 0.680. The van der Waals surface area contributed by atoms with Crippen LogP contribution in [0.4, 0.5) is 0 Å². The van der Waals surface area contributed by atoms with Crippen LogP contribution in [-0.4, -0.2) is 70.9 Å². The highest BCUT2D eigenvalue weighted by atomic mass is 35.5. The molecule has 1 unspecified atom stereocenters. The normalized spacial score (nSPS) is 23.8. The molecular weight excluding hydrogens is 628 g/mol. The third kappa shape index (κ3) is 11.5. The fourth-order valence-corrected chi connectivity index (χ4v) is 9.27. The molecule has 0 aliphatic carbocycles. The van der Waals surface area contributed by atoms with Crippen molar-refractivity contribution in [3.63, 3.8) is 0 Å². The molecule has 1 saturated heterocycles. The molecule has 0 bridgehead atoms. The first-order chi connectivity index (χ1) is 19.7. The van der Waals surface area contributed by atoms with Gasteiger partial charge in [0.15, 0.2) is 33.3 Å². The Morgan fingerprint density at radius 2 is 1.21 bits per heavy atom. The number of hydrogen-bond donors (Lipinski definition) is 0. The van der Waals surface area contributed by atoms with Crippen LogP contribution in [0.15, 0.2) is 42.5 Å². The van der Waals surface area contributed by atoms with E-state index in [-0.39, 0.29) is 30.5 Å². The van der Waals surface area contributed by atoms with Gasteiger partial charge in [-0.25, -0.2) is 0 Å². The minimum absolute atomic E-state index is 0.301. The molecule has 11 heteroatoms. The number of benzene rings is 2. The lowest BCUT2D eigenvalue weighted by Crippen LogP contribution is -2.63. The summed E-state index contributed by atoms with van der Waals surface area (Å²) in [4.78, 5) is 0. The molecule has 43 heavy (non-hydrogen) atoms. The van der Waals surface area contributed by atoms with Crippen molar-refractivity contribution in [2.75, 3.05) is 13.2 Å². The van der Waals surface area contributed by atoms with Crippen LogP contribution >= 0.6 is 11.6 Å². The zero-order valence-electron chi connectivity index (χ0n) is 28.7. The van der Waals surface area contributed by atoms with E-state index in [1.54, 1.807) is 0 Å². The first kappa shape index (κ1) is 36.7. The summed E-state index contributed by atoms with van der Waals surface area (Å²) in [6.07, 6.45) is -1.65. The molecule has 0 amide bonds. The smallest absolute Gasteiger partial charge is 0.184 e. The molecule has 1 aliphatic heterocycles. The van der Waals surface area contributed by atoms with Crippen LogP contribution in [0.25, 0.3) is 11.1 Å². The molecule has 5 atom stereocenters. The number of hydrogen-bond acceptors (Lipinski definition) is 6. The van der Waals surface area contributed by atoms with E-state index in [1.165, 1.54) is 0 Å². The quantitative estimate of drug-likeness (QED) is 0.196. The molecule has 2 aromatic carbocycles. The maximum atomic E-state index is 7.08. The number of ether oxygens (including phenoxy) is 2. The molecule has 0 aromatic heterocycles. The van der Waals surface area contributed by atoms with E-state index in [9.17, 15) is 0 Å². The molecule has 0 saturated carbocycles. The molecule has 6 nitrogen and oxygen atoms in total. The van der Waals surface area contributed by atoms with Crippen molar-refractivity contribution in [1.29, 1.82) is 0 Å². The van der Waals surface area contributed by atoms with Gasteiger partial charge >= 0.3 is 0 Å². The molecule has 3 rings (SSSR count). The second-order valence-electron chi connectivity index (χ2n) is 15.3. The summed E-state index contributed by atoms with van der Waals surface area (Å²) in [5.41, 5.74) is 2.96. The molecule has 1 fully saturated rings. The molecule has 0 N–H and O–H groups in total. The van der Waals surface area contributed by atoms with Crippen LogP contribution in [0.3, 0.4) is 0 Å². The van der Waals surface area contributed by atoms with Gasteiger partial charge in [-0.15, -0.1) is 0 Å². The van der Waals surface area contributed by atoms with E-state index >= 15 is 0 Å². The average molecular weight is 684 g/mol. The minimum Gasteiger partial charge on any atom is -0.494 e. The van der Waals surface area contributed by atoms with Crippen LogP contribution in [0, 0.1) is 0 Å². The fraction of sp³-hybridized carbons (Fsp3) is 0.625. The van der Waals surface area contributed by atoms with E-state index in [0.717, 1.165) is 22.4 Å². The predicted octanol–water partition coefficient (Wildman–Crippen LogP) is 9.36. The maximum absolute atomic E-state index is 7.08. The van der Waals surface area contributed by atoms with Gasteiger partial charge in [-0.05, 0) is 121 Å². The number of halogens is 1. The highest BCUT2D eigenvalue weighted by Gasteiger charge is 2.52. The van der Waals surface area contributed by atoms with Crippen LogP contribution < -0.4 is 4.74 Å². The van der Waals surface area contributed by atoms with Crippen molar-refractivity contribution in [1.82, 2.24) is 0 Å². The zero-order valence-corrected chi connectivity index (χ0v) is 33.4. The Morgan fingerprint density at radius 1 is 0.674 bits per heavy atom. The first-order valence-electron chi connectivity index (χ1n) is 15.5. The summed E-state index contributed by atoms with van der Waals surface area (Å²) in [6.45, 7) is 29.7. The Kier molecular flexibility index (Phi) is 12.2. The van der Waals surface area contributed by atoms with Crippen molar-refractivity contribution in [2.45, 2.75) is 116 Å². The van der Waals surface area contributed by atoms with Crippen LogP contribution in [0.5, 0.6) is 5.75 Å². The lowest BCUT2D eigenvalue weighted by molar-refractivity contribution is -0.216. The Morgan fingerprint density at radius 3 is 1.72 bits per heavy atom. The van der Waals surface area contributed by atoms with Crippen molar-refractivity contribution < 1.29 is 27.2 Å². The van der Waals surface area contributed by atoms with E-state index in [4.69, 9.17) is 38.8 Å². The van der Waals surface area contributed by atoms with Crippen molar-refractivity contribution in [2.24, 2.45) is 0 Å². The third-order valence-electron chi connectivity index (χ3n) is 6.58. The Balaban J connectivity index is 2.17. The second kappa shape index (κ2) is 14.3. The first-order valence-corrected chi connectivity index (χ1v) is 29.5. The topological polar surface area (TPSA) is 55.4 Å². The predicted molar refractivity (Wildman–Crippen MR) is 190 cm³/mol. The van der Waals surface area contributed by atoms with Gasteiger partial charge in [0.25, 0.3) is 0 Å². The van der Waals surface area contributed by atoms with E-state index in [2.05, 4.69) is 90.7 Å². The van der Waals surface area contributed by atoms with Crippen molar-refractivity contribution in [3.05, 3.63) is 53.1 Å². The van der Waals surface area contributed by atoms with Crippen LogP contribution in [0.1, 0.15) is 18.6 Å². The highest BCUT2D eigenvalue weighted by molar-refractivity contribution is 6.71. The summed E-state index contributed by atoms with van der Waals surface area (Å²) >= 11 is 6.81. The van der Waals surface area contributed by atoms with Gasteiger partial charge in [-0.2, -0.15) is 0 Å². The van der Waals surface area contributed by atoms with Gasteiger partial charge in [0.1, 0.15) is 36.3 Å². The van der Waals surface area contributed by atoms with E-state index in [0.29, 0.717) is 18.2 Å². The second-order valence-corrected chi connectivity index (χ2v) is 33.6. The lowest BCUT2D eigenvalue weighted by atomic mass is 9.90. The summed E-state index contributed by atoms with van der Waals surface area (Å²) in [6, 6.07) is 14.2. The van der Waals surface area contributed by atoms with E-state index < -0.39 is 33.3 Å². The Bertz CT molecular complexity index is 1180. The molecule has 1 aliphatic rings. The van der Waals surface area contributed by atoms with Gasteiger partial charge < -0.3 is 27.2 Å². The lowest BCUT2D eigenvalue weighted by Gasteiger charge is -2.51. The average Bonchev–Trinajstić information content (AvgIpc) is 2.84. The van der Waals surface area contributed by atoms with Gasteiger partial charge in [-0.1, -0.05) is 29.8 Å². The maximum Gasteiger partial charge on any atom is 0.184 e. The standard InChI is InChI=1S/C32H55ClO6Si4/c1-14-34-25-18-15-23(16-19-25)26-21-24(17-20-27(26)33)29-31(38-42(8,9)10)32(39-43(11,12)13)30(37-41(5,6)7)28(36-29)22-35-40(2,3)4/h15-21,28-32H,14,22H2,1-13H3/t28-,29?,30-,31+,32+/m1/s1. The fourth-order valence-electron chi connectivity index (χ4n) is 5.12. The molecule has 1 heterocycles. The van der Waals surface area contributed by atoms with E-state index in [1.807, 2.05) is 37.3 Å². The summed E-state index contributed by atoms with van der Waals surface area (Å²) in [5.74, 6) is 0.836. The van der Waals surface area contributed by atoms with Gasteiger partial charge in [0.05, 0.1) is 13.2 Å². The van der Waals surface area contributed by atoms with Gasteiger partial charge in [0, 0.05) is 10.6 Å². The monoisotopic (exact) mass is 682 g/mol. The molecule has 242 valence electrons. The minimum atomic E-state index is -2.05. The largest absolute Gasteiger partial charge is 0.494 e. The molecule has 0 spiro atoms. The van der Waals surface area contributed by atoms with Gasteiger partial charge in [-0.3, -0.25) is 0 Å². The molecular formula is C32H55ClO6Si4. The number of rotatable bonds is 13. The zero-order chi connectivity index (χ0) is 32.4. The van der Waals surface area contributed by atoms with Crippen molar-refractivity contribution in [3.8, 4) is 16.9 Å².